The summed E-state index contributed by atoms with van der Waals surface area (Å²) in [5.41, 5.74) is 0.624. The molecule has 0 aromatic heterocycles. The largest absolute Gasteiger partial charge is 0.449 e. The van der Waals surface area contributed by atoms with E-state index in [0.29, 0.717) is 12.3 Å². The molecule has 1 aliphatic rings. The quantitative estimate of drug-likeness (QED) is 0.802. The Bertz CT molecular complexity index is 496. The highest BCUT2D eigenvalue weighted by Gasteiger charge is 2.41. The predicted octanol–water partition coefficient (Wildman–Crippen LogP) is 3.31. The van der Waals surface area contributed by atoms with E-state index in [1.165, 1.54) is 4.67 Å². The Morgan fingerprint density at radius 3 is 2.74 bits per heavy atom. The molecule has 2 rings (SSSR count). The Kier molecular flexibility index (Phi) is 4.58. The van der Waals surface area contributed by atoms with E-state index in [9.17, 15) is 4.79 Å². The Hall–Kier alpha value is -0.940. The van der Waals surface area contributed by atoms with Gasteiger partial charge >= 0.3 is 6.09 Å². The molecule has 7 heteroatoms. The minimum Gasteiger partial charge on any atom is -0.449 e. The number of carbonyl (C=O) groups is 1. The highest BCUT2D eigenvalue weighted by atomic mass is 32.5. The van der Waals surface area contributed by atoms with Gasteiger partial charge in [0, 0.05) is 0 Å². The monoisotopic (exact) mass is 301 g/mol. The van der Waals surface area contributed by atoms with Gasteiger partial charge in [-0.15, -0.1) is 0 Å². The number of hydrogen-bond donors (Lipinski definition) is 0. The average Bonchev–Trinajstić information content (AvgIpc) is 2.71. The molecule has 19 heavy (non-hydrogen) atoms. The summed E-state index contributed by atoms with van der Waals surface area (Å²) < 4.78 is 17.6. The van der Waals surface area contributed by atoms with Crippen molar-refractivity contribution in [3.05, 3.63) is 30.3 Å². The van der Waals surface area contributed by atoms with Crippen LogP contribution in [0.2, 0.25) is 0 Å². The summed E-state index contributed by atoms with van der Waals surface area (Å²) >= 11 is 5.43. The van der Waals surface area contributed by atoms with Crippen molar-refractivity contribution in [1.29, 1.82) is 0 Å². The summed E-state index contributed by atoms with van der Waals surface area (Å²) in [6.45, 7) is 1.42. The van der Waals surface area contributed by atoms with Gasteiger partial charge in [0.25, 0.3) is 6.64 Å². The highest BCUT2D eigenvalue weighted by Crippen LogP contribution is 2.59. The fourth-order valence-electron chi connectivity index (χ4n) is 1.69. The number of anilines is 1. The number of ether oxygens (including phenoxy) is 1. The predicted molar refractivity (Wildman–Crippen MR) is 76.7 cm³/mol. The van der Waals surface area contributed by atoms with Crippen LogP contribution in [0.1, 0.15) is 13.8 Å². The van der Waals surface area contributed by atoms with Gasteiger partial charge in [0.2, 0.25) is 0 Å². The van der Waals surface area contributed by atoms with Gasteiger partial charge < -0.3 is 13.8 Å². The van der Waals surface area contributed by atoms with Gasteiger partial charge in [-0.1, -0.05) is 18.2 Å². The van der Waals surface area contributed by atoms with E-state index in [1.807, 2.05) is 25.1 Å². The summed E-state index contributed by atoms with van der Waals surface area (Å²) in [7, 11) is 0. The molecule has 0 saturated carbocycles. The van der Waals surface area contributed by atoms with Crippen molar-refractivity contribution < 1.29 is 18.6 Å². The van der Waals surface area contributed by atoms with Gasteiger partial charge in [0.15, 0.2) is 0 Å². The lowest BCUT2D eigenvalue weighted by atomic mass is 10.3. The Labute approximate surface area is 117 Å². The van der Waals surface area contributed by atoms with Crippen LogP contribution in [-0.2, 0) is 25.6 Å². The van der Waals surface area contributed by atoms with Gasteiger partial charge in [-0.3, -0.25) is 0 Å². The van der Waals surface area contributed by atoms with E-state index < -0.39 is 12.7 Å². The van der Waals surface area contributed by atoms with Crippen molar-refractivity contribution >= 4 is 30.2 Å². The van der Waals surface area contributed by atoms with Crippen molar-refractivity contribution in [1.82, 2.24) is 0 Å². The molecule has 0 bridgehead atoms. The molecule has 1 heterocycles. The number of rotatable bonds is 3. The standard InChI is InChI=1S/C12H16NO4PS/c1-3-15-12(14)13(11-7-5-4-6-8-11)18(19)16-9-10(2)17-18/h4-8,10H,3,9H2,1-2H3/t10-,18-/m0/s1. The number of amides is 1. The second-order valence-electron chi connectivity index (χ2n) is 4.03. The average molecular weight is 301 g/mol. The highest BCUT2D eigenvalue weighted by molar-refractivity contribution is 8.11. The zero-order valence-corrected chi connectivity index (χ0v) is 12.5. The Morgan fingerprint density at radius 1 is 1.53 bits per heavy atom. The maximum absolute atomic E-state index is 12.1. The lowest BCUT2D eigenvalue weighted by molar-refractivity contribution is 0.163. The maximum Gasteiger partial charge on any atom is 0.421 e. The van der Waals surface area contributed by atoms with Crippen LogP contribution in [0.4, 0.5) is 10.5 Å². The zero-order valence-electron chi connectivity index (χ0n) is 10.8. The van der Waals surface area contributed by atoms with Crippen LogP contribution in [0.3, 0.4) is 0 Å². The van der Waals surface area contributed by atoms with Gasteiger partial charge in [-0.2, -0.15) is 0 Å². The third kappa shape index (κ3) is 3.15. The van der Waals surface area contributed by atoms with Crippen LogP contribution in [0.15, 0.2) is 30.3 Å². The molecule has 1 saturated heterocycles. The third-order valence-electron chi connectivity index (χ3n) is 2.47. The van der Waals surface area contributed by atoms with Gasteiger partial charge in [-0.25, -0.2) is 9.46 Å². The van der Waals surface area contributed by atoms with E-state index in [2.05, 4.69) is 0 Å². The first-order chi connectivity index (χ1) is 9.07. The maximum atomic E-state index is 12.1. The van der Waals surface area contributed by atoms with Crippen LogP contribution in [-0.4, -0.2) is 25.4 Å². The van der Waals surface area contributed by atoms with Crippen molar-refractivity contribution in [3.63, 3.8) is 0 Å². The summed E-state index contributed by atoms with van der Waals surface area (Å²) in [6, 6.07) is 9.06. The smallest absolute Gasteiger partial charge is 0.421 e. The van der Waals surface area contributed by atoms with E-state index in [-0.39, 0.29) is 12.7 Å². The van der Waals surface area contributed by atoms with Gasteiger partial charge in [0.1, 0.15) is 0 Å². The molecule has 1 aliphatic heterocycles. The van der Waals surface area contributed by atoms with Crippen LogP contribution in [0.25, 0.3) is 0 Å². The molecule has 1 fully saturated rings. The number of para-hydroxylation sites is 1. The molecule has 0 spiro atoms. The molecule has 1 aromatic carbocycles. The fourth-order valence-corrected chi connectivity index (χ4v) is 4.66. The van der Waals surface area contributed by atoms with Crippen molar-refractivity contribution in [2.45, 2.75) is 20.0 Å². The summed E-state index contributed by atoms with van der Waals surface area (Å²) in [5.74, 6) is 0. The lowest BCUT2D eigenvalue weighted by Crippen LogP contribution is -2.28. The molecule has 0 aliphatic carbocycles. The van der Waals surface area contributed by atoms with Crippen LogP contribution >= 0.6 is 6.64 Å². The van der Waals surface area contributed by atoms with E-state index in [1.54, 1.807) is 19.1 Å². The fraction of sp³-hybridized carbons (Fsp3) is 0.417. The van der Waals surface area contributed by atoms with Crippen LogP contribution in [0.5, 0.6) is 0 Å². The first-order valence-corrected chi connectivity index (χ1v) is 8.61. The SMILES string of the molecule is CCOC(=O)N(c1ccccc1)[P@]1(=S)OC[C@H](C)O1. The zero-order chi connectivity index (χ0) is 13.9. The van der Waals surface area contributed by atoms with Gasteiger partial charge in [-0.05, 0) is 37.8 Å². The molecule has 0 N–H and O–H groups in total. The molecule has 0 unspecified atom stereocenters. The second-order valence-corrected chi connectivity index (χ2v) is 7.22. The normalized spacial score (nSPS) is 26.1. The molecule has 1 aromatic rings. The number of carbonyl (C=O) groups excluding carboxylic acids is 1. The van der Waals surface area contributed by atoms with Crippen LogP contribution < -0.4 is 4.67 Å². The van der Waals surface area contributed by atoms with Crippen molar-refractivity contribution in [2.75, 3.05) is 17.9 Å². The lowest BCUT2D eigenvalue weighted by Gasteiger charge is -2.28. The third-order valence-corrected chi connectivity index (χ3v) is 5.52. The minimum absolute atomic E-state index is 0.119. The molecule has 5 nitrogen and oxygen atoms in total. The van der Waals surface area contributed by atoms with Gasteiger partial charge in [0.05, 0.1) is 25.0 Å². The van der Waals surface area contributed by atoms with E-state index in [4.69, 9.17) is 25.6 Å². The van der Waals surface area contributed by atoms with Crippen molar-refractivity contribution in [2.24, 2.45) is 0 Å². The second kappa shape index (κ2) is 6.01. The molecular formula is C12H16NO4PS. The van der Waals surface area contributed by atoms with Crippen molar-refractivity contribution in [3.8, 4) is 0 Å². The Morgan fingerprint density at radius 2 is 2.21 bits per heavy atom. The number of nitrogens with zero attached hydrogens (tertiary/aromatic N) is 1. The summed E-state index contributed by atoms with van der Waals surface area (Å²) in [5, 5.41) is 0. The van der Waals surface area contributed by atoms with E-state index >= 15 is 0 Å². The minimum atomic E-state index is -2.85. The molecule has 1 amide bonds. The van der Waals surface area contributed by atoms with E-state index in [0.717, 1.165) is 0 Å². The number of benzene rings is 1. The molecular weight excluding hydrogens is 285 g/mol. The van der Waals surface area contributed by atoms with Crippen LogP contribution in [0, 0.1) is 0 Å². The molecule has 2 atom stereocenters. The Balaban J connectivity index is 2.35. The molecule has 104 valence electrons. The number of hydrogen-bond acceptors (Lipinski definition) is 5. The molecule has 0 radical (unpaired) electrons. The summed E-state index contributed by atoms with van der Waals surface area (Å²) in [4.78, 5) is 12.1. The first kappa shape index (κ1) is 14.5. The topological polar surface area (TPSA) is 48.0 Å². The summed E-state index contributed by atoms with van der Waals surface area (Å²) in [6.07, 6.45) is -0.655. The first-order valence-electron chi connectivity index (χ1n) is 6.02.